The van der Waals surface area contributed by atoms with Gasteiger partial charge in [0.25, 0.3) is 0 Å². The molecule has 0 unspecified atom stereocenters. The van der Waals surface area contributed by atoms with E-state index in [9.17, 15) is 4.79 Å². The maximum absolute atomic E-state index is 10.3. The lowest BCUT2D eigenvalue weighted by Gasteiger charge is -2.03. The quantitative estimate of drug-likeness (QED) is 0.600. The van der Waals surface area contributed by atoms with Crippen molar-refractivity contribution in [2.75, 3.05) is 0 Å². The predicted molar refractivity (Wildman–Crippen MR) is 82.4 cm³/mol. The van der Waals surface area contributed by atoms with Gasteiger partial charge in [0.2, 0.25) is 0 Å². The SMILES string of the molecule is O=C(O)CCCCCCCCCc1ccc(Br)cc1. The van der Waals surface area contributed by atoms with Gasteiger partial charge in [0.15, 0.2) is 0 Å². The number of unbranched alkanes of at least 4 members (excludes halogenated alkanes) is 6. The average molecular weight is 327 g/mol. The van der Waals surface area contributed by atoms with Crippen LogP contribution in [0.1, 0.15) is 56.9 Å². The number of hydrogen-bond acceptors (Lipinski definition) is 1. The summed E-state index contributed by atoms with van der Waals surface area (Å²) >= 11 is 3.44. The molecule has 1 rings (SSSR count). The van der Waals surface area contributed by atoms with E-state index >= 15 is 0 Å². The van der Waals surface area contributed by atoms with Crippen LogP contribution in [0.4, 0.5) is 0 Å². The summed E-state index contributed by atoms with van der Waals surface area (Å²) in [7, 11) is 0. The van der Waals surface area contributed by atoms with Gasteiger partial charge in [0, 0.05) is 10.9 Å². The maximum atomic E-state index is 10.3. The third kappa shape index (κ3) is 8.82. The molecule has 19 heavy (non-hydrogen) atoms. The van der Waals surface area contributed by atoms with Gasteiger partial charge >= 0.3 is 5.97 Å². The Hall–Kier alpha value is -0.830. The molecular weight excluding hydrogens is 304 g/mol. The Morgan fingerprint density at radius 3 is 2.00 bits per heavy atom. The molecule has 0 aliphatic rings. The number of hydrogen-bond donors (Lipinski definition) is 1. The molecule has 0 radical (unpaired) electrons. The predicted octanol–water partition coefficient (Wildman–Crippen LogP) is 5.20. The molecule has 0 heterocycles. The zero-order valence-corrected chi connectivity index (χ0v) is 13.0. The zero-order chi connectivity index (χ0) is 13.9. The Balaban J connectivity index is 1.91. The first-order valence-electron chi connectivity index (χ1n) is 7.15. The number of carbonyl (C=O) groups is 1. The van der Waals surface area contributed by atoms with Gasteiger partial charge in [-0.1, -0.05) is 60.2 Å². The molecule has 1 aromatic rings. The number of halogens is 1. The standard InChI is InChI=1S/C16H23BrO2/c17-15-12-10-14(11-13-15)8-6-4-2-1-3-5-7-9-16(18)19/h10-13H,1-9H2,(H,18,19). The lowest BCUT2D eigenvalue weighted by molar-refractivity contribution is -0.137. The Kier molecular flexibility index (Phi) is 8.55. The van der Waals surface area contributed by atoms with Gasteiger partial charge in [-0.2, -0.15) is 0 Å². The van der Waals surface area contributed by atoms with Crippen LogP contribution in [0.3, 0.4) is 0 Å². The van der Waals surface area contributed by atoms with E-state index in [2.05, 4.69) is 40.2 Å². The highest BCUT2D eigenvalue weighted by Gasteiger charge is 1.97. The fourth-order valence-electron chi connectivity index (χ4n) is 2.14. The molecule has 106 valence electrons. The molecule has 0 aliphatic carbocycles. The first-order chi connectivity index (χ1) is 9.18. The summed E-state index contributed by atoms with van der Waals surface area (Å²) in [5.41, 5.74) is 1.41. The van der Waals surface area contributed by atoms with Crippen molar-refractivity contribution in [2.45, 2.75) is 57.8 Å². The van der Waals surface area contributed by atoms with Crippen LogP contribution in [0.2, 0.25) is 0 Å². The summed E-state index contributed by atoms with van der Waals surface area (Å²) in [6.45, 7) is 0. The molecule has 1 aromatic carbocycles. The summed E-state index contributed by atoms with van der Waals surface area (Å²) in [6.07, 6.45) is 9.56. The highest BCUT2D eigenvalue weighted by molar-refractivity contribution is 9.10. The molecule has 0 aromatic heterocycles. The zero-order valence-electron chi connectivity index (χ0n) is 11.4. The molecule has 0 bridgehead atoms. The molecular formula is C16H23BrO2. The van der Waals surface area contributed by atoms with Crippen molar-refractivity contribution in [1.29, 1.82) is 0 Å². The van der Waals surface area contributed by atoms with Gasteiger partial charge < -0.3 is 5.11 Å². The largest absolute Gasteiger partial charge is 0.481 e. The lowest BCUT2D eigenvalue weighted by Crippen LogP contribution is -1.93. The van der Waals surface area contributed by atoms with Crippen LogP contribution >= 0.6 is 15.9 Å². The third-order valence-corrected chi connectivity index (χ3v) is 3.80. The Labute approximate surface area is 124 Å². The van der Waals surface area contributed by atoms with E-state index in [0.717, 1.165) is 23.7 Å². The van der Waals surface area contributed by atoms with Gasteiger partial charge in [-0.25, -0.2) is 0 Å². The molecule has 0 aliphatic heterocycles. The lowest BCUT2D eigenvalue weighted by atomic mass is 10.0. The molecule has 1 N–H and O–H groups in total. The van der Waals surface area contributed by atoms with E-state index in [4.69, 9.17) is 5.11 Å². The maximum Gasteiger partial charge on any atom is 0.303 e. The molecule has 0 saturated carbocycles. The monoisotopic (exact) mass is 326 g/mol. The van der Waals surface area contributed by atoms with Gasteiger partial charge in [0.05, 0.1) is 0 Å². The second-order valence-electron chi connectivity index (χ2n) is 5.00. The van der Waals surface area contributed by atoms with Crippen molar-refractivity contribution < 1.29 is 9.90 Å². The van der Waals surface area contributed by atoms with Crippen LogP contribution in [0.15, 0.2) is 28.7 Å². The Bertz CT molecular complexity index is 360. The second kappa shape index (κ2) is 10.0. The number of carboxylic acids is 1. The van der Waals surface area contributed by atoms with E-state index in [1.54, 1.807) is 0 Å². The highest BCUT2D eigenvalue weighted by Crippen LogP contribution is 2.14. The smallest absolute Gasteiger partial charge is 0.303 e. The fraction of sp³-hybridized carbons (Fsp3) is 0.562. The molecule has 0 atom stereocenters. The number of rotatable bonds is 10. The van der Waals surface area contributed by atoms with Crippen LogP contribution in [0.25, 0.3) is 0 Å². The van der Waals surface area contributed by atoms with Crippen LogP contribution in [-0.4, -0.2) is 11.1 Å². The van der Waals surface area contributed by atoms with Gasteiger partial charge in [0.1, 0.15) is 0 Å². The second-order valence-corrected chi connectivity index (χ2v) is 5.91. The van der Waals surface area contributed by atoms with Gasteiger partial charge in [-0.05, 0) is 37.0 Å². The van der Waals surface area contributed by atoms with E-state index in [1.165, 1.54) is 37.7 Å². The fourth-order valence-corrected chi connectivity index (χ4v) is 2.40. The minimum atomic E-state index is -0.672. The Morgan fingerprint density at radius 1 is 0.895 bits per heavy atom. The normalized spacial score (nSPS) is 10.6. The van der Waals surface area contributed by atoms with Crippen molar-refractivity contribution in [3.8, 4) is 0 Å². The van der Waals surface area contributed by atoms with Crippen molar-refractivity contribution in [3.63, 3.8) is 0 Å². The van der Waals surface area contributed by atoms with Crippen molar-refractivity contribution >= 4 is 21.9 Å². The highest BCUT2D eigenvalue weighted by atomic mass is 79.9. The van der Waals surface area contributed by atoms with Crippen LogP contribution < -0.4 is 0 Å². The summed E-state index contributed by atoms with van der Waals surface area (Å²) in [4.78, 5) is 10.3. The van der Waals surface area contributed by atoms with Gasteiger partial charge in [-0.15, -0.1) is 0 Å². The van der Waals surface area contributed by atoms with Crippen molar-refractivity contribution in [3.05, 3.63) is 34.3 Å². The van der Waals surface area contributed by atoms with Crippen molar-refractivity contribution in [2.24, 2.45) is 0 Å². The summed E-state index contributed by atoms with van der Waals surface area (Å²) < 4.78 is 1.14. The molecule has 0 fully saturated rings. The minimum Gasteiger partial charge on any atom is -0.481 e. The first kappa shape index (κ1) is 16.2. The van der Waals surface area contributed by atoms with E-state index < -0.39 is 5.97 Å². The van der Waals surface area contributed by atoms with Crippen LogP contribution in [-0.2, 0) is 11.2 Å². The van der Waals surface area contributed by atoms with E-state index in [0.29, 0.717) is 6.42 Å². The summed E-state index contributed by atoms with van der Waals surface area (Å²) in [6, 6.07) is 8.54. The third-order valence-electron chi connectivity index (χ3n) is 3.27. The van der Waals surface area contributed by atoms with Crippen LogP contribution in [0.5, 0.6) is 0 Å². The molecule has 0 amide bonds. The average Bonchev–Trinajstić information content (AvgIpc) is 2.38. The number of aliphatic carboxylic acids is 1. The molecule has 0 saturated heterocycles. The Morgan fingerprint density at radius 2 is 1.42 bits per heavy atom. The molecule has 2 nitrogen and oxygen atoms in total. The first-order valence-corrected chi connectivity index (χ1v) is 7.94. The molecule has 0 spiro atoms. The van der Waals surface area contributed by atoms with Crippen molar-refractivity contribution in [1.82, 2.24) is 0 Å². The number of carboxylic acid groups (broad SMARTS) is 1. The summed E-state index contributed by atoms with van der Waals surface area (Å²) in [5, 5.41) is 8.51. The topological polar surface area (TPSA) is 37.3 Å². The number of benzene rings is 1. The summed E-state index contributed by atoms with van der Waals surface area (Å²) in [5.74, 6) is -0.672. The van der Waals surface area contributed by atoms with Gasteiger partial charge in [-0.3, -0.25) is 4.79 Å². The molecule has 3 heteroatoms. The van der Waals surface area contributed by atoms with E-state index in [-0.39, 0.29) is 0 Å². The van der Waals surface area contributed by atoms with E-state index in [1.807, 2.05) is 0 Å². The minimum absolute atomic E-state index is 0.323. The number of aryl methyl sites for hydroxylation is 1. The van der Waals surface area contributed by atoms with Crippen LogP contribution in [0, 0.1) is 0 Å².